The van der Waals surface area contributed by atoms with Crippen molar-refractivity contribution in [2.24, 2.45) is 0 Å². The van der Waals surface area contributed by atoms with Crippen molar-refractivity contribution in [1.29, 1.82) is 0 Å². The van der Waals surface area contributed by atoms with E-state index in [1.165, 1.54) is 0 Å². The van der Waals surface area contributed by atoms with E-state index in [0.29, 0.717) is 30.9 Å². The number of anilines is 1. The molecular formula is C24H35N5O5. The molecule has 1 aromatic rings. The number of ether oxygens (including phenoxy) is 1. The standard InChI is InChI=1S/C24H35N5O5/c1-15-12-28(22(33)34-23(3,4)5)13-16(2)29(15)14-20(31)26-18-11-17(8-10-25-18)24(6)9-7-19(30)27-21(24)32/h8,10-11,15-16H,7,9,12-14H2,1-6H3,(H,25,26,31)(H,27,30,32). The lowest BCUT2D eigenvalue weighted by Crippen LogP contribution is -2.59. The van der Waals surface area contributed by atoms with Gasteiger partial charge in [-0.1, -0.05) is 0 Å². The molecule has 3 heterocycles. The second-order valence-corrected chi connectivity index (χ2v) is 10.4. The minimum atomic E-state index is -0.864. The molecule has 0 saturated carbocycles. The summed E-state index contributed by atoms with van der Waals surface area (Å²) in [6.07, 6.45) is 1.85. The zero-order chi connectivity index (χ0) is 25.3. The molecule has 2 saturated heterocycles. The zero-order valence-electron chi connectivity index (χ0n) is 20.8. The molecule has 34 heavy (non-hydrogen) atoms. The maximum absolute atomic E-state index is 12.8. The molecule has 10 nitrogen and oxygen atoms in total. The van der Waals surface area contributed by atoms with Crippen molar-refractivity contribution < 1.29 is 23.9 Å². The number of piperazine rings is 1. The fourth-order valence-electron chi connectivity index (χ4n) is 4.41. The second-order valence-electron chi connectivity index (χ2n) is 10.4. The van der Waals surface area contributed by atoms with E-state index in [1.54, 1.807) is 30.2 Å². The molecule has 0 bridgehead atoms. The number of hydrogen-bond acceptors (Lipinski definition) is 7. The molecule has 3 unspecified atom stereocenters. The minimum Gasteiger partial charge on any atom is -0.444 e. The average Bonchev–Trinajstić information content (AvgIpc) is 2.72. The summed E-state index contributed by atoms with van der Waals surface area (Å²) in [4.78, 5) is 57.2. The Morgan fingerprint density at radius 1 is 1.24 bits per heavy atom. The van der Waals surface area contributed by atoms with E-state index < -0.39 is 11.0 Å². The molecule has 0 radical (unpaired) electrons. The SMILES string of the molecule is CC1CN(C(=O)OC(C)(C)C)CC(C)N1CC(=O)Nc1cc(C2(C)CCC(=O)NC2=O)ccn1. The molecule has 10 heteroatoms. The Morgan fingerprint density at radius 2 is 1.88 bits per heavy atom. The van der Waals surface area contributed by atoms with Crippen LogP contribution in [0.25, 0.3) is 0 Å². The molecule has 1 aromatic heterocycles. The van der Waals surface area contributed by atoms with Gasteiger partial charge in [0.1, 0.15) is 11.4 Å². The predicted octanol–water partition coefficient (Wildman–Crippen LogP) is 2.04. The molecule has 2 aliphatic rings. The van der Waals surface area contributed by atoms with E-state index in [9.17, 15) is 19.2 Å². The van der Waals surface area contributed by atoms with E-state index >= 15 is 0 Å². The highest BCUT2D eigenvalue weighted by Crippen LogP contribution is 2.32. The maximum Gasteiger partial charge on any atom is 0.410 e. The lowest BCUT2D eigenvalue weighted by atomic mass is 9.76. The van der Waals surface area contributed by atoms with Crippen molar-refractivity contribution in [3.05, 3.63) is 23.9 Å². The largest absolute Gasteiger partial charge is 0.444 e. The van der Waals surface area contributed by atoms with Crippen LogP contribution in [0.15, 0.2) is 18.3 Å². The Bertz CT molecular complexity index is 963. The highest BCUT2D eigenvalue weighted by atomic mass is 16.6. The molecule has 186 valence electrons. The third-order valence-corrected chi connectivity index (χ3v) is 6.35. The van der Waals surface area contributed by atoms with Crippen LogP contribution in [-0.2, 0) is 24.5 Å². The van der Waals surface area contributed by atoms with Crippen LogP contribution < -0.4 is 10.6 Å². The average molecular weight is 474 g/mol. The Morgan fingerprint density at radius 3 is 2.47 bits per heavy atom. The summed E-state index contributed by atoms with van der Waals surface area (Å²) >= 11 is 0. The van der Waals surface area contributed by atoms with Gasteiger partial charge in [-0.2, -0.15) is 0 Å². The Hall–Kier alpha value is -3.01. The number of imide groups is 1. The topological polar surface area (TPSA) is 121 Å². The number of carbonyl (C=O) groups excluding carboxylic acids is 4. The van der Waals surface area contributed by atoms with Crippen LogP contribution in [0.4, 0.5) is 10.6 Å². The number of nitrogens with one attached hydrogen (secondary N) is 2. The van der Waals surface area contributed by atoms with E-state index in [-0.39, 0.29) is 48.9 Å². The highest BCUT2D eigenvalue weighted by molar-refractivity contribution is 6.03. The van der Waals surface area contributed by atoms with Gasteiger partial charge in [-0.3, -0.25) is 24.6 Å². The van der Waals surface area contributed by atoms with Gasteiger partial charge in [-0.15, -0.1) is 0 Å². The first-order chi connectivity index (χ1) is 15.8. The molecule has 0 spiro atoms. The van der Waals surface area contributed by atoms with Crippen LogP contribution in [0.5, 0.6) is 0 Å². The van der Waals surface area contributed by atoms with Crippen molar-refractivity contribution in [2.75, 3.05) is 25.0 Å². The van der Waals surface area contributed by atoms with Crippen molar-refractivity contribution in [3.8, 4) is 0 Å². The zero-order valence-corrected chi connectivity index (χ0v) is 20.8. The van der Waals surface area contributed by atoms with Gasteiger partial charge < -0.3 is 15.0 Å². The van der Waals surface area contributed by atoms with Gasteiger partial charge in [-0.05, 0) is 65.7 Å². The van der Waals surface area contributed by atoms with Crippen molar-refractivity contribution in [3.63, 3.8) is 0 Å². The van der Waals surface area contributed by atoms with Crippen LogP contribution in [0.3, 0.4) is 0 Å². The van der Waals surface area contributed by atoms with Crippen molar-refractivity contribution in [2.45, 2.75) is 77.5 Å². The normalized spacial score (nSPS) is 26.1. The molecule has 2 fully saturated rings. The van der Waals surface area contributed by atoms with E-state index in [1.807, 2.05) is 39.5 Å². The monoisotopic (exact) mass is 473 g/mol. The molecule has 2 aliphatic heterocycles. The number of rotatable bonds is 4. The van der Waals surface area contributed by atoms with Crippen molar-refractivity contribution in [1.82, 2.24) is 20.1 Å². The van der Waals surface area contributed by atoms with E-state index in [4.69, 9.17) is 4.74 Å². The van der Waals surface area contributed by atoms with Gasteiger partial charge >= 0.3 is 6.09 Å². The Kier molecular flexibility index (Phi) is 7.30. The number of pyridine rings is 1. The summed E-state index contributed by atoms with van der Waals surface area (Å²) in [6.45, 7) is 12.3. The number of hydrogen-bond donors (Lipinski definition) is 2. The quantitative estimate of drug-likeness (QED) is 0.642. The van der Waals surface area contributed by atoms with Crippen LogP contribution in [0.2, 0.25) is 0 Å². The number of nitrogens with zero attached hydrogens (tertiary/aromatic N) is 3. The highest BCUT2D eigenvalue weighted by Gasteiger charge is 2.40. The van der Waals surface area contributed by atoms with Crippen LogP contribution in [0, 0.1) is 0 Å². The first-order valence-corrected chi connectivity index (χ1v) is 11.6. The molecular weight excluding hydrogens is 438 g/mol. The van der Waals surface area contributed by atoms with Gasteiger partial charge in [0.05, 0.1) is 12.0 Å². The number of piperidine rings is 1. The number of amides is 4. The molecule has 0 aromatic carbocycles. The lowest BCUT2D eigenvalue weighted by molar-refractivity contribution is -0.137. The Balaban J connectivity index is 1.62. The van der Waals surface area contributed by atoms with Crippen LogP contribution in [0.1, 0.15) is 59.9 Å². The van der Waals surface area contributed by atoms with Gasteiger partial charge in [0, 0.05) is 37.8 Å². The summed E-state index contributed by atoms with van der Waals surface area (Å²) in [5, 5.41) is 5.21. The van der Waals surface area contributed by atoms with Gasteiger partial charge in [0.15, 0.2) is 0 Å². The third kappa shape index (κ3) is 5.91. The third-order valence-electron chi connectivity index (χ3n) is 6.35. The molecule has 3 atom stereocenters. The second kappa shape index (κ2) is 9.69. The fourth-order valence-corrected chi connectivity index (χ4v) is 4.41. The van der Waals surface area contributed by atoms with E-state index in [2.05, 4.69) is 15.6 Å². The van der Waals surface area contributed by atoms with Gasteiger partial charge in [0.25, 0.3) is 0 Å². The van der Waals surface area contributed by atoms with Crippen LogP contribution >= 0.6 is 0 Å². The number of carbonyl (C=O) groups is 4. The Labute approximate surface area is 200 Å². The molecule has 3 rings (SSSR count). The summed E-state index contributed by atoms with van der Waals surface area (Å²) in [7, 11) is 0. The summed E-state index contributed by atoms with van der Waals surface area (Å²) in [5.74, 6) is -0.513. The van der Waals surface area contributed by atoms with Crippen molar-refractivity contribution >= 4 is 29.6 Å². The van der Waals surface area contributed by atoms with Gasteiger partial charge in [-0.25, -0.2) is 9.78 Å². The van der Waals surface area contributed by atoms with Gasteiger partial charge in [0.2, 0.25) is 17.7 Å². The first kappa shape index (κ1) is 25.6. The van der Waals surface area contributed by atoms with Crippen LogP contribution in [-0.4, -0.2) is 75.9 Å². The minimum absolute atomic E-state index is 0.0382. The summed E-state index contributed by atoms with van der Waals surface area (Å²) in [5.41, 5.74) is -0.736. The summed E-state index contributed by atoms with van der Waals surface area (Å²) < 4.78 is 5.49. The van der Waals surface area contributed by atoms with E-state index in [0.717, 1.165) is 0 Å². The summed E-state index contributed by atoms with van der Waals surface area (Å²) in [6, 6.07) is 3.33. The predicted molar refractivity (Wildman–Crippen MR) is 126 cm³/mol. The molecule has 0 aliphatic carbocycles. The fraction of sp³-hybridized carbons (Fsp3) is 0.625. The molecule has 2 N–H and O–H groups in total. The lowest BCUT2D eigenvalue weighted by Gasteiger charge is -2.44. The smallest absolute Gasteiger partial charge is 0.410 e. The molecule has 4 amide bonds. The first-order valence-electron chi connectivity index (χ1n) is 11.6. The number of aromatic nitrogens is 1. The maximum atomic E-state index is 12.8.